The summed E-state index contributed by atoms with van der Waals surface area (Å²) in [6.45, 7) is 4.00. The summed E-state index contributed by atoms with van der Waals surface area (Å²) in [5, 5.41) is 0. The fraction of sp³-hybridized carbons (Fsp3) is 0.588. The third-order valence-corrected chi connectivity index (χ3v) is 8.67. The van der Waals surface area contributed by atoms with E-state index >= 15 is 0 Å². The summed E-state index contributed by atoms with van der Waals surface area (Å²) in [6, 6.07) is 8.96. The molecule has 1 aliphatic heterocycles. The Morgan fingerprint density at radius 2 is 1.78 bits per heavy atom. The first kappa shape index (κ1) is 26.8. The molecule has 5 rings (SSSR count). The summed E-state index contributed by atoms with van der Waals surface area (Å²) in [4.78, 5) is 17.6. The molecule has 2 saturated carbocycles. The van der Waals surface area contributed by atoms with Crippen LogP contribution in [0.3, 0.4) is 0 Å². The Kier molecular flexibility index (Phi) is 10.4. The van der Waals surface area contributed by atoms with Gasteiger partial charge in [0.2, 0.25) is 0 Å². The SMILES string of the molecule is CC.O=C(CCCC1CCCCC1)Cc1cccc(C2CCCC(C3=NC=CCC4=C3C=CC4)C2)c1.[HH].[HH].[HH]. The molecule has 1 aromatic rings. The molecule has 0 N–H and O–H groups in total. The van der Waals surface area contributed by atoms with Crippen molar-refractivity contribution in [2.24, 2.45) is 16.8 Å². The van der Waals surface area contributed by atoms with Crippen molar-refractivity contribution in [1.82, 2.24) is 0 Å². The van der Waals surface area contributed by atoms with E-state index in [4.69, 9.17) is 4.99 Å². The molecule has 2 fully saturated rings. The van der Waals surface area contributed by atoms with Gasteiger partial charge in [0, 0.05) is 29.2 Å². The summed E-state index contributed by atoms with van der Waals surface area (Å²) >= 11 is 0. The quantitative estimate of drug-likeness (QED) is 0.355. The van der Waals surface area contributed by atoms with Gasteiger partial charge in [-0.15, -0.1) is 0 Å². The van der Waals surface area contributed by atoms with Crippen molar-refractivity contribution >= 4 is 11.5 Å². The number of carbonyl (C=O) groups excluding carboxylic acids is 1. The van der Waals surface area contributed by atoms with Gasteiger partial charge < -0.3 is 0 Å². The molecule has 2 nitrogen and oxygen atoms in total. The smallest absolute Gasteiger partial charge is 0.137 e. The zero-order valence-electron chi connectivity index (χ0n) is 22.8. The van der Waals surface area contributed by atoms with Crippen LogP contribution in [0.25, 0.3) is 0 Å². The van der Waals surface area contributed by atoms with E-state index in [2.05, 4.69) is 42.5 Å². The van der Waals surface area contributed by atoms with Gasteiger partial charge in [0.25, 0.3) is 0 Å². The molecule has 1 heterocycles. The summed E-state index contributed by atoms with van der Waals surface area (Å²) < 4.78 is 0. The van der Waals surface area contributed by atoms with E-state index in [1.807, 2.05) is 20.0 Å². The Bertz CT molecular complexity index is 1000. The highest BCUT2D eigenvalue weighted by atomic mass is 16.1. The summed E-state index contributed by atoms with van der Waals surface area (Å²) in [5.41, 5.74) is 6.92. The number of nitrogens with zero attached hydrogens (tertiary/aromatic N) is 1. The zero-order valence-corrected chi connectivity index (χ0v) is 22.8. The molecule has 200 valence electrons. The van der Waals surface area contributed by atoms with Crippen molar-refractivity contribution in [3.05, 3.63) is 71.0 Å². The number of hydrogen-bond donors (Lipinski definition) is 0. The van der Waals surface area contributed by atoms with Gasteiger partial charge in [0.05, 0.1) is 5.71 Å². The number of hydrogen-bond acceptors (Lipinski definition) is 2. The van der Waals surface area contributed by atoms with Crippen molar-refractivity contribution in [2.45, 2.75) is 116 Å². The molecule has 36 heavy (non-hydrogen) atoms. The molecule has 0 amide bonds. The molecule has 2 heteroatoms. The van der Waals surface area contributed by atoms with E-state index in [0.29, 0.717) is 24.0 Å². The average molecular weight is 492 g/mol. The van der Waals surface area contributed by atoms with Gasteiger partial charge in [-0.25, -0.2) is 0 Å². The molecular formula is C34H53NO. The highest BCUT2D eigenvalue weighted by molar-refractivity contribution is 6.06. The lowest BCUT2D eigenvalue weighted by Gasteiger charge is -2.31. The molecule has 0 saturated heterocycles. The van der Waals surface area contributed by atoms with Crippen LogP contribution in [0.1, 0.15) is 125 Å². The minimum atomic E-state index is 0. The number of carbonyl (C=O) groups is 1. The predicted octanol–water partition coefficient (Wildman–Crippen LogP) is 10.2. The van der Waals surface area contributed by atoms with Crippen molar-refractivity contribution < 1.29 is 9.07 Å². The lowest BCUT2D eigenvalue weighted by Crippen LogP contribution is -2.23. The Hall–Kier alpha value is -2.22. The van der Waals surface area contributed by atoms with Crippen molar-refractivity contribution in [3.8, 4) is 0 Å². The highest BCUT2D eigenvalue weighted by Crippen LogP contribution is 2.40. The van der Waals surface area contributed by atoms with E-state index in [0.717, 1.165) is 31.6 Å². The van der Waals surface area contributed by atoms with Crippen LogP contribution in [-0.2, 0) is 11.2 Å². The summed E-state index contributed by atoms with van der Waals surface area (Å²) in [5.74, 6) is 2.41. The molecule has 2 atom stereocenters. The Labute approximate surface area is 224 Å². The first-order chi connectivity index (χ1) is 17.8. The monoisotopic (exact) mass is 491 g/mol. The summed E-state index contributed by atoms with van der Waals surface area (Å²) in [6.07, 6.45) is 26.6. The molecule has 3 aliphatic carbocycles. The third kappa shape index (κ3) is 7.17. The van der Waals surface area contributed by atoms with Gasteiger partial charge >= 0.3 is 0 Å². The fourth-order valence-corrected chi connectivity index (χ4v) is 6.81. The maximum absolute atomic E-state index is 12.7. The van der Waals surface area contributed by atoms with E-state index in [9.17, 15) is 4.79 Å². The lowest BCUT2D eigenvalue weighted by molar-refractivity contribution is -0.118. The molecule has 0 spiro atoms. The number of rotatable bonds is 8. The standard InChI is InChI=1S/C32H41NO.C2H6.3H2/c34-30(18-5-11-24-9-2-1-3-10-24)22-25-12-4-14-27(21-25)28-15-6-16-29(23-28)32-31-19-7-13-26(31)17-8-20-33-32;1-2;;;/h4,7-8,12,14,19-21,24,28-29H,1-3,5-6,9-11,13,15-18,22-23H2;1-2H3;3*1H. The molecule has 0 radical (unpaired) electrons. The second kappa shape index (κ2) is 13.9. The maximum atomic E-state index is 12.7. The van der Waals surface area contributed by atoms with Crippen LogP contribution in [0.5, 0.6) is 0 Å². The molecular weight excluding hydrogens is 438 g/mol. The number of allylic oxidation sites excluding steroid dienone is 5. The Morgan fingerprint density at radius 1 is 0.972 bits per heavy atom. The number of Topliss-reactive ketones (excluding diaryl/α,β-unsaturated/α-hetero) is 1. The predicted molar refractivity (Wildman–Crippen MR) is 160 cm³/mol. The van der Waals surface area contributed by atoms with Crippen LogP contribution in [0.15, 0.2) is 64.8 Å². The van der Waals surface area contributed by atoms with Crippen LogP contribution < -0.4 is 0 Å². The van der Waals surface area contributed by atoms with Gasteiger partial charge in [0.15, 0.2) is 0 Å². The normalized spacial score (nSPS) is 24.0. The van der Waals surface area contributed by atoms with Crippen molar-refractivity contribution in [2.75, 3.05) is 0 Å². The minimum absolute atomic E-state index is 0. The van der Waals surface area contributed by atoms with Crippen molar-refractivity contribution in [1.29, 1.82) is 0 Å². The molecule has 4 aliphatic rings. The second-order valence-electron chi connectivity index (χ2n) is 11.1. The molecule has 0 bridgehead atoms. The maximum Gasteiger partial charge on any atom is 0.137 e. The Balaban J connectivity index is 0.00000149. The van der Waals surface area contributed by atoms with Crippen LogP contribution >= 0.6 is 0 Å². The molecule has 1 aromatic carbocycles. The van der Waals surface area contributed by atoms with Crippen LogP contribution in [-0.4, -0.2) is 11.5 Å². The Morgan fingerprint density at radius 3 is 2.64 bits per heavy atom. The van der Waals surface area contributed by atoms with E-state index in [1.54, 1.807) is 5.57 Å². The first-order valence-electron chi connectivity index (χ1n) is 15.0. The summed E-state index contributed by atoms with van der Waals surface area (Å²) in [7, 11) is 0. The van der Waals surface area contributed by atoms with Gasteiger partial charge in [-0.3, -0.25) is 9.79 Å². The van der Waals surface area contributed by atoms with Crippen LogP contribution in [0.4, 0.5) is 0 Å². The van der Waals surface area contributed by atoms with Gasteiger partial charge in [-0.1, -0.05) is 107 Å². The minimum Gasteiger partial charge on any atom is -0.299 e. The van der Waals surface area contributed by atoms with E-state index in [-0.39, 0.29) is 4.28 Å². The van der Waals surface area contributed by atoms with Gasteiger partial charge in [-0.05, 0) is 67.1 Å². The zero-order chi connectivity index (χ0) is 25.2. The topological polar surface area (TPSA) is 29.4 Å². The number of aliphatic imine (C=N–C) groups is 1. The fourth-order valence-electron chi connectivity index (χ4n) is 6.81. The lowest BCUT2D eigenvalue weighted by atomic mass is 9.74. The van der Waals surface area contributed by atoms with Crippen molar-refractivity contribution in [3.63, 3.8) is 0 Å². The van der Waals surface area contributed by atoms with Crippen LogP contribution in [0.2, 0.25) is 0 Å². The van der Waals surface area contributed by atoms with E-state index < -0.39 is 0 Å². The van der Waals surface area contributed by atoms with Gasteiger partial charge in [-0.2, -0.15) is 0 Å². The third-order valence-electron chi connectivity index (χ3n) is 8.67. The van der Waals surface area contributed by atoms with E-state index in [1.165, 1.54) is 86.6 Å². The molecule has 2 unspecified atom stereocenters. The largest absolute Gasteiger partial charge is 0.299 e. The van der Waals surface area contributed by atoms with Gasteiger partial charge in [0.1, 0.15) is 5.78 Å². The second-order valence-corrected chi connectivity index (χ2v) is 11.1. The molecule has 0 aromatic heterocycles. The van der Waals surface area contributed by atoms with Crippen LogP contribution in [0, 0.1) is 11.8 Å². The highest BCUT2D eigenvalue weighted by Gasteiger charge is 2.30. The first-order valence-corrected chi connectivity index (χ1v) is 15.0. The number of ketones is 1. The average Bonchev–Trinajstić information content (AvgIpc) is 3.29. The number of benzene rings is 1.